The summed E-state index contributed by atoms with van der Waals surface area (Å²) >= 11 is 0. The lowest BCUT2D eigenvalue weighted by atomic mass is 10.4. The SMILES string of the molecule is Cn1nnc(O)c1CN. The maximum absolute atomic E-state index is 8.86. The predicted octanol–water partition coefficient (Wildman–Crippen LogP) is -1.02. The summed E-state index contributed by atoms with van der Waals surface area (Å²) in [6, 6.07) is 0. The topological polar surface area (TPSA) is 77.0 Å². The van der Waals surface area contributed by atoms with Crippen LogP contribution in [0.5, 0.6) is 5.88 Å². The van der Waals surface area contributed by atoms with Crippen LogP contribution >= 0.6 is 0 Å². The average Bonchev–Trinajstić information content (AvgIpc) is 2.12. The number of aromatic hydroxyl groups is 1. The molecule has 0 radical (unpaired) electrons. The fourth-order valence-corrected chi connectivity index (χ4v) is 0.589. The Labute approximate surface area is 52.1 Å². The molecule has 0 aromatic carbocycles. The maximum atomic E-state index is 8.86. The zero-order valence-corrected chi connectivity index (χ0v) is 5.07. The lowest BCUT2D eigenvalue weighted by Crippen LogP contribution is -2.04. The largest absolute Gasteiger partial charge is 0.491 e. The van der Waals surface area contributed by atoms with E-state index in [1.807, 2.05) is 0 Å². The van der Waals surface area contributed by atoms with Gasteiger partial charge in [0.1, 0.15) is 5.69 Å². The smallest absolute Gasteiger partial charge is 0.255 e. The minimum Gasteiger partial charge on any atom is -0.491 e. The van der Waals surface area contributed by atoms with E-state index in [1.165, 1.54) is 4.68 Å². The number of aromatic nitrogens is 3. The third kappa shape index (κ3) is 0.857. The van der Waals surface area contributed by atoms with Crippen LogP contribution < -0.4 is 5.73 Å². The quantitative estimate of drug-likeness (QED) is 0.507. The van der Waals surface area contributed by atoms with Crippen molar-refractivity contribution in [2.75, 3.05) is 0 Å². The number of rotatable bonds is 1. The lowest BCUT2D eigenvalue weighted by molar-refractivity contribution is 0.445. The molecule has 0 atom stereocenters. The predicted molar refractivity (Wildman–Crippen MR) is 30.6 cm³/mol. The van der Waals surface area contributed by atoms with Crippen LogP contribution in [0.25, 0.3) is 0 Å². The molecule has 0 saturated heterocycles. The van der Waals surface area contributed by atoms with Crippen molar-refractivity contribution in [3.05, 3.63) is 5.69 Å². The summed E-state index contributed by atoms with van der Waals surface area (Å²) in [5.74, 6) is -0.0833. The zero-order chi connectivity index (χ0) is 6.85. The molecule has 9 heavy (non-hydrogen) atoms. The average molecular weight is 128 g/mol. The maximum Gasteiger partial charge on any atom is 0.255 e. The Balaban J connectivity index is 3.07. The summed E-state index contributed by atoms with van der Waals surface area (Å²) in [5.41, 5.74) is 5.79. The fraction of sp³-hybridized carbons (Fsp3) is 0.500. The molecule has 0 aliphatic carbocycles. The van der Waals surface area contributed by atoms with E-state index < -0.39 is 0 Å². The third-order valence-electron chi connectivity index (χ3n) is 1.12. The van der Waals surface area contributed by atoms with Gasteiger partial charge in [0.05, 0.1) is 0 Å². The number of nitrogens with zero attached hydrogens (tertiary/aromatic N) is 3. The van der Waals surface area contributed by atoms with Crippen molar-refractivity contribution in [1.29, 1.82) is 0 Å². The van der Waals surface area contributed by atoms with E-state index in [9.17, 15) is 0 Å². The highest BCUT2D eigenvalue weighted by atomic mass is 16.3. The molecule has 0 unspecified atom stereocenters. The van der Waals surface area contributed by atoms with E-state index in [2.05, 4.69) is 10.3 Å². The van der Waals surface area contributed by atoms with Crippen molar-refractivity contribution in [3.8, 4) is 5.88 Å². The molecule has 50 valence electrons. The van der Waals surface area contributed by atoms with Gasteiger partial charge in [-0.25, -0.2) is 4.68 Å². The minimum absolute atomic E-state index is 0.0833. The van der Waals surface area contributed by atoms with Crippen molar-refractivity contribution in [3.63, 3.8) is 0 Å². The molecular weight excluding hydrogens is 120 g/mol. The van der Waals surface area contributed by atoms with Gasteiger partial charge in [-0.3, -0.25) is 0 Å². The van der Waals surface area contributed by atoms with Gasteiger partial charge >= 0.3 is 0 Å². The van der Waals surface area contributed by atoms with Gasteiger partial charge in [-0.1, -0.05) is 10.3 Å². The van der Waals surface area contributed by atoms with Gasteiger partial charge in [-0.2, -0.15) is 0 Å². The molecule has 0 aliphatic heterocycles. The number of aryl methyl sites for hydroxylation is 1. The highest BCUT2D eigenvalue weighted by molar-refractivity contribution is 5.13. The first-order valence-electron chi connectivity index (χ1n) is 2.53. The first-order valence-corrected chi connectivity index (χ1v) is 2.53. The monoisotopic (exact) mass is 128 g/mol. The zero-order valence-electron chi connectivity index (χ0n) is 5.07. The Morgan fingerprint density at radius 3 is 2.67 bits per heavy atom. The van der Waals surface area contributed by atoms with Crippen LogP contribution in [0.3, 0.4) is 0 Å². The van der Waals surface area contributed by atoms with E-state index in [0.29, 0.717) is 5.69 Å². The number of hydrogen-bond acceptors (Lipinski definition) is 4. The van der Waals surface area contributed by atoms with Gasteiger partial charge in [0.2, 0.25) is 0 Å². The van der Waals surface area contributed by atoms with Gasteiger partial charge < -0.3 is 10.8 Å². The lowest BCUT2D eigenvalue weighted by Gasteiger charge is -1.92. The molecule has 0 saturated carbocycles. The Hall–Kier alpha value is -1.10. The molecule has 5 heteroatoms. The molecule has 1 heterocycles. The van der Waals surface area contributed by atoms with Crippen molar-refractivity contribution in [1.82, 2.24) is 15.0 Å². The minimum atomic E-state index is -0.0833. The van der Waals surface area contributed by atoms with E-state index >= 15 is 0 Å². The molecule has 3 N–H and O–H groups in total. The summed E-state index contributed by atoms with van der Waals surface area (Å²) in [5, 5.41) is 15.8. The molecule has 5 nitrogen and oxygen atoms in total. The van der Waals surface area contributed by atoms with Crippen LogP contribution in [-0.4, -0.2) is 20.1 Å². The van der Waals surface area contributed by atoms with E-state index in [1.54, 1.807) is 7.05 Å². The van der Waals surface area contributed by atoms with Gasteiger partial charge in [-0.15, -0.1) is 0 Å². The molecular formula is C4H8N4O. The molecule has 0 amide bonds. The van der Waals surface area contributed by atoms with Gasteiger partial charge in [0, 0.05) is 13.6 Å². The van der Waals surface area contributed by atoms with Crippen LogP contribution in [0.1, 0.15) is 5.69 Å². The van der Waals surface area contributed by atoms with Gasteiger partial charge in [0.15, 0.2) is 0 Å². The highest BCUT2D eigenvalue weighted by Crippen LogP contribution is 2.07. The molecule has 1 aromatic rings. The van der Waals surface area contributed by atoms with Gasteiger partial charge in [0.25, 0.3) is 5.88 Å². The summed E-state index contributed by atoms with van der Waals surface area (Å²) in [6.45, 7) is 0.259. The Kier molecular flexibility index (Phi) is 1.35. The summed E-state index contributed by atoms with van der Waals surface area (Å²) in [6.07, 6.45) is 0. The van der Waals surface area contributed by atoms with E-state index in [0.717, 1.165) is 0 Å². The van der Waals surface area contributed by atoms with Crippen LogP contribution in [-0.2, 0) is 13.6 Å². The second-order valence-electron chi connectivity index (χ2n) is 1.69. The first-order chi connectivity index (χ1) is 4.25. The summed E-state index contributed by atoms with van der Waals surface area (Å²) in [4.78, 5) is 0. The van der Waals surface area contributed by atoms with Crippen LogP contribution in [0.2, 0.25) is 0 Å². The van der Waals surface area contributed by atoms with Gasteiger partial charge in [-0.05, 0) is 0 Å². The molecule has 0 bridgehead atoms. The summed E-state index contributed by atoms with van der Waals surface area (Å²) < 4.78 is 1.44. The molecule has 0 fully saturated rings. The standard InChI is InChI=1S/C4H8N4O/c1-8-3(2-5)4(9)6-7-8/h9H,2,5H2,1H3. The Morgan fingerprint density at radius 1 is 1.78 bits per heavy atom. The van der Waals surface area contributed by atoms with Crippen LogP contribution in [0, 0.1) is 0 Å². The number of hydrogen-bond donors (Lipinski definition) is 2. The van der Waals surface area contributed by atoms with Crippen LogP contribution in [0.4, 0.5) is 0 Å². The first kappa shape index (κ1) is 6.03. The Bertz CT molecular complexity index is 187. The Morgan fingerprint density at radius 2 is 2.44 bits per heavy atom. The molecule has 1 rings (SSSR count). The van der Waals surface area contributed by atoms with Crippen molar-refractivity contribution < 1.29 is 5.11 Å². The van der Waals surface area contributed by atoms with Crippen molar-refractivity contribution in [2.24, 2.45) is 12.8 Å². The molecule has 0 spiro atoms. The van der Waals surface area contributed by atoms with E-state index in [-0.39, 0.29) is 12.4 Å². The number of nitrogens with two attached hydrogens (primary N) is 1. The van der Waals surface area contributed by atoms with Crippen LogP contribution in [0.15, 0.2) is 0 Å². The van der Waals surface area contributed by atoms with E-state index in [4.69, 9.17) is 10.8 Å². The second-order valence-corrected chi connectivity index (χ2v) is 1.69. The normalized spacial score (nSPS) is 10.0. The summed E-state index contributed by atoms with van der Waals surface area (Å²) in [7, 11) is 1.68. The molecule has 0 aliphatic rings. The molecule has 1 aromatic heterocycles. The third-order valence-corrected chi connectivity index (χ3v) is 1.12. The fourth-order valence-electron chi connectivity index (χ4n) is 0.589. The van der Waals surface area contributed by atoms with Crippen molar-refractivity contribution >= 4 is 0 Å². The second kappa shape index (κ2) is 2.02. The van der Waals surface area contributed by atoms with Crippen molar-refractivity contribution in [2.45, 2.75) is 6.54 Å². The highest BCUT2D eigenvalue weighted by Gasteiger charge is 2.04.